The Balaban J connectivity index is 1.54. The van der Waals surface area contributed by atoms with Crippen molar-refractivity contribution in [3.05, 3.63) is 23.8 Å². The van der Waals surface area contributed by atoms with E-state index in [2.05, 4.69) is 22.3 Å². The van der Waals surface area contributed by atoms with Crippen molar-refractivity contribution in [1.29, 1.82) is 0 Å². The molecule has 1 aromatic rings. The molecule has 0 aliphatic carbocycles. The number of ether oxygens (including phenoxy) is 2. The van der Waals surface area contributed by atoms with Crippen LogP contribution in [0.4, 0.5) is 0 Å². The van der Waals surface area contributed by atoms with E-state index in [1.807, 2.05) is 6.07 Å². The van der Waals surface area contributed by atoms with Gasteiger partial charge >= 0.3 is 0 Å². The highest BCUT2D eigenvalue weighted by atomic mass is 16.5. The highest BCUT2D eigenvalue weighted by molar-refractivity contribution is 5.42. The van der Waals surface area contributed by atoms with E-state index in [0.717, 1.165) is 30.0 Å². The summed E-state index contributed by atoms with van der Waals surface area (Å²) < 4.78 is 10.7. The third-order valence-electron chi connectivity index (χ3n) is 5.15. The molecule has 1 atom stereocenters. The summed E-state index contributed by atoms with van der Waals surface area (Å²) in [5.74, 6) is 2.51. The van der Waals surface area contributed by atoms with Crippen LogP contribution in [-0.4, -0.2) is 44.8 Å². The third-order valence-corrected chi connectivity index (χ3v) is 5.15. The first kappa shape index (κ1) is 15.6. The molecule has 1 unspecified atom stereocenters. The Kier molecular flexibility index (Phi) is 5.21. The zero-order chi connectivity index (χ0) is 15.4. The monoisotopic (exact) mass is 304 g/mol. The maximum Gasteiger partial charge on any atom is 0.161 e. The van der Waals surface area contributed by atoms with E-state index >= 15 is 0 Å². The van der Waals surface area contributed by atoms with Gasteiger partial charge in [0.1, 0.15) is 0 Å². The number of rotatable bonds is 5. The van der Waals surface area contributed by atoms with E-state index in [4.69, 9.17) is 9.47 Å². The second kappa shape index (κ2) is 7.34. The largest absolute Gasteiger partial charge is 0.493 e. The first-order valence-electron chi connectivity index (χ1n) is 8.47. The molecule has 2 aliphatic heterocycles. The Bertz CT molecular complexity index is 478. The third kappa shape index (κ3) is 3.55. The molecule has 3 rings (SSSR count). The maximum atomic E-state index is 5.40. The standard InChI is InChI=1S/C18H28N2O2/c1-21-17-6-5-14(12-18(17)22-2)13-20-10-7-15(8-11-20)16-4-3-9-19-16/h5-6,12,15-16,19H,3-4,7-11,13H2,1-2H3. The molecule has 2 heterocycles. The van der Waals surface area contributed by atoms with Gasteiger partial charge in [-0.2, -0.15) is 0 Å². The highest BCUT2D eigenvalue weighted by Crippen LogP contribution is 2.30. The lowest BCUT2D eigenvalue weighted by Gasteiger charge is -2.35. The Morgan fingerprint density at radius 1 is 1.09 bits per heavy atom. The van der Waals surface area contributed by atoms with Crippen LogP contribution < -0.4 is 14.8 Å². The molecule has 2 saturated heterocycles. The summed E-state index contributed by atoms with van der Waals surface area (Å²) >= 11 is 0. The molecule has 1 aromatic carbocycles. The van der Waals surface area contributed by atoms with Crippen LogP contribution in [0.3, 0.4) is 0 Å². The molecule has 22 heavy (non-hydrogen) atoms. The zero-order valence-corrected chi connectivity index (χ0v) is 13.8. The summed E-state index contributed by atoms with van der Waals surface area (Å²) in [6.45, 7) is 4.63. The normalized spacial score (nSPS) is 23.6. The minimum Gasteiger partial charge on any atom is -0.493 e. The van der Waals surface area contributed by atoms with E-state index in [0.29, 0.717) is 0 Å². The molecule has 2 fully saturated rings. The van der Waals surface area contributed by atoms with Gasteiger partial charge in [0.05, 0.1) is 14.2 Å². The number of nitrogens with zero attached hydrogens (tertiary/aromatic N) is 1. The van der Waals surface area contributed by atoms with E-state index in [-0.39, 0.29) is 0 Å². The average molecular weight is 304 g/mol. The molecular formula is C18H28N2O2. The van der Waals surface area contributed by atoms with Gasteiger partial charge in [-0.3, -0.25) is 4.90 Å². The van der Waals surface area contributed by atoms with Gasteiger partial charge in [-0.05, 0) is 68.9 Å². The number of benzene rings is 1. The van der Waals surface area contributed by atoms with Crippen molar-refractivity contribution in [2.24, 2.45) is 5.92 Å². The van der Waals surface area contributed by atoms with Gasteiger partial charge in [0, 0.05) is 12.6 Å². The zero-order valence-electron chi connectivity index (χ0n) is 13.8. The van der Waals surface area contributed by atoms with Crippen LogP contribution in [0.2, 0.25) is 0 Å². The minimum atomic E-state index is 0.781. The van der Waals surface area contributed by atoms with Gasteiger partial charge in [-0.1, -0.05) is 6.07 Å². The van der Waals surface area contributed by atoms with E-state index in [1.54, 1.807) is 14.2 Å². The summed E-state index contributed by atoms with van der Waals surface area (Å²) in [6, 6.07) is 7.03. The fourth-order valence-electron chi connectivity index (χ4n) is 3.86. The Hall–Kier alpha value is -1.26. The molecule has 0 radical (unpaired) electrons. The predicted molar refractivity (Wildman–Crippen MR) is 88.6 cm³/mol. The summed E-state index contributed by atoms with van der Waals surface area (Å²) in [7, 11) is 3.38. The number of piperidine rings is 1. The van der Waals surface area contributed by atoms with Gasteiger partial charge in [0.2, 0.25) is 0 Å². The van der Waals surface area contributed by atoms with Gasteiger partial charge < -0.3 is 14.8 Å². The molecule has 0 aromatic heterocycles. The summed E-state index contributed by atoms with van der Waals surface area (Å²) in [6.07, 6.45) is 5.38. The van der Waals surface area contributed by atoms with Crippen molar-refractivity contribution in [1.82, 2.24) is 10.2 Å². The predicted octanol–water partition coefficient (Wildman–Crippen LogP) is 2.67. The van der Waals surface area contributed by atoms with Crippen molar-refractivity contribution in [2.75, 3.05) is 33.9 Å². The highest BCUT2D eigenvalue weighted by Gasteiger charge is 2.28. The lowest BCUT2D eigenvalue weighted by molar-refractivity contribution is 0.157. The molecule has 4 heteroatoms. The van der Waals surface area contributed by atoms with Gasteiger partial charge in [0.25, 0.3) is 0 Å². The quantitative estimate of drug-likeness (QED) is 0.907. The van der Waals surface area contributed by atoms with Crippen molar-refractivity contribution in [2.45, 2.75) is 38.3 Å². The van der Waals surface area contributed by atoms with Crippen LogP contribution in [-0.2, 0) is 6.54 Å². The molecule has 0 saturated carbocycles. The lowest BCUT2D eigenvalue weighted by Crippen LogP contribution is -2.40. The van der Waals surface area contributed by atoms with Crippen LogP contribution in [0.5, 0.6) is 11.5 Å². The number of methoxy groups -OCH3 is 2. The molecule has 0 amide bonds. The van der Waals surface area contributed by atoms with E-state index in [9.17, 15) is 0 Å². The second-order valence-corrected chi connectivity index (χ2v) is 6.51. The van der Waals surface area contributed by atoms with Gasteiger partial charge in [-0.15, -0.1) is 0 Å². The maximum absolute atomic E-state index is 5.40. The lowest BCUT2D eigenvalue weighted by atomic mass is 9.88. The topological polar surface area (TPSA) is 33.7 Å². The summed E-state index contributed by atoms with van der Waals surface area (Å²) in [5.41, 5.74) is 1.30. The number of hydrogen-bond acceptors (Lipinski definition) is 4. The molecule has 0 bridgehead atoms. The van der Waals surface area contributed by atoms with Crippen LogP contribution in [0.15, 0.2) is 18.2 Å². The molecule has 1 N–H and O–H groups in total. The van der Waals surface area contributed by atoms with Crippen LogP contribution in [0.25, 0.3) is 0 Å². The van der Waals surface area contributed by atoms with Gasteiger partial charge in [-0.25, -0.2) is 0 Å². The fourth-order valence-corrected chi connectivity index (χ4v) is 3.86. The molecule has 4 nitrogen and oxygen atoms in total. The van der Waals surface area contributed by atoms with Crippen LogP contribution in [0.1, 0.15) is 31.2 Å². The number of nitrogens with one attached hydrogen (secondary N) is 1. The average Bonchev–Trinajstić information content (AvgIpc) is 3.10. The van der Waals surface area contributed by atoms with Gasteiger partial charge in [0.15, 0.2) is 11.5 Å². The second-order valence-electron chi connectivity index (χ2n) is 6.51. The molecular weight excluding hydrogens is 276 g/mol. The van der Waals surface area contributed by atoms with Crippen molar-refractivity contribution in [3.8, 4) is 11.5 Å². The minimum absolute atomic E-state index is 0.781. The first-order chi connectivity index (χ1) is 10.8. The number of likely N-dealkylation sites (tertiary alicyclic amines) is 1. The van der Waals surface area contributed by atoms with Crippen LogP contribution >= 0.6 is 0 Å². The Labute approximate surface area is 133 Å². The smallest absolute Gasteiger partial charge is 0.161 e. The first-order valence-corrected chi connectivity index (χ1v) is 8.47. The Morgan fingerprint density at radius 2 is 1.86 bits per heavy atom. The Morgan fingerprint density at radius 3 is 2.50 bits per heavy atom. The van der Waals surface area contributed by atoms with Crippen molar-refractivity contribution < 1.29 is 9.47 Å². The fraction of sp³-hybridized carbons (Fsp3) is 0.667. The van der Waals surface area contributed by atoms with E-state index in [1.165, 1.54) is 50.9 Å². The van der Waals surface area contributed by atoms with E-state index < -0.39 is 0 Å². The SMILES string of the molecule is COc1ccc(CN2CCC(C3CCCN3)CC2)cc1OC. The molecule has 122 valence electrons. The molecule has 2 aliphatic rings. The summed E-state index contributed by atoms with van der Waals surface area (Å²) in [5, 5.41) is 3.67. The summed E-state index contributed by atoms with van der Waals surface area (Å²) in [4.78, 5) is 2.56. The molecule has 0 spiro atoms. The van der Waals surface area contributed by atoms with Crippen molar-refractivity contribution >= 4 is 0 Å². The van der Waals surface area contributed by atoms with Crippen molar-refractivity contribution in [3.63, 3.8) is 0 Å². The van der Waals surface area contributed by atoms with Crippen LogP contribution in [0, 0.1) is 5.92 Å². The number of hydrogen-bond donors (Lipinski definition) is 1.